The van der Waals surface area contributed by atoms with Gasteiger partial charge in [-0.15, -0.1) is 11.6 Å². The Morgan fingerprint density at radius 3 is 2.50 bits per heavy atom. The number of carbonyl (C=O) groups excluding carboxylic acids is 1. The van der Waals surface area contributed by atoms with E-state index in [-0.39, 0.29) is 12.3 Å². The van der Waals surface area contributed by atoms with Crippen LogP contribution in [0.5, 0.6) is 0 Å². The third-order valence-electron chi connectivity index (χ3n) is 1.82. The second kappa shape index (κ2) is 4.98. The molecule has 0 heterocycles. The molecule has 1 rings (SSSR count). The number of anilines is 1. The Hall–Kier alpha value is -1.06. The third kappa shape index (κ3) is 2.72. The second-order valence-electron chi connectivity index (χ2n) is 2.98. The zero-order valence-electron chi connectivity index (χ0n) is 7.90. The molecule has 1 N–H and O–H groups in total. The smallest absolute Gasteiger partial charge is 0.251 e. The van der Waals surface area contributed by atoms with E-state index >= 15 is 0 Å². The van der Waals surface area contributed by atoms with Crippen LogP contribution in [0.15, 0.2) is 24.3 Å². The molecule has 0 aromatic heterocycles. The van der Waals surface area contributed by atoms with Crippen molar-refractivity contribution in [3.63, 3.8) is 0 Å². The van der Waals surface area contributed by atoms with E-state index in [4.69, 9.17) is 11.6 Å². The molecule has 0 saturated heterocycles. The summed E-state index contributed by atoms with van der Waals surface area (Å²) in [6.07, 6.45) is 0.131. The monoisotopic (exact) mass is 213 g/mol. The van der Waals surface area contributed by atoms with Crippen molar-refractivity contribution < 1.29 is 10.0 Å². The van der Waals surface area contributed by atoms with E-state index in [1.165, 1.54) is 0 Å². The van der Waals surface area contributed by atoms with E-state index in [0.717, 1.165) is 5.56 Å². The highest BCUT2D eigenvalue weighted by Crippen LogP contribution is 2.13. The number of rotatable bonds is 3. The van der Waals surface area contributed by atoms with Crippen LogP contribution in [0, 0.1) is 6.92 Å². The van der Waals surface area contributed by atoms with Gasteiger partial charge in [0.2, 0.25) is 0 Å². The molecular weight excluding hydrogens is 202 g/mol. The van der Waals surface area contributed by atoms with E-state index in [1.54, 1.807) is 12.1 Å². The molecule has 0 aliphatic carbocycles. The van der Waals surface area contributed by atoms with Crippen molar-refractivity contribution in [3.05, 3.63) is 29.8 Å². The Kier molecular flexibility index (Phi) is 3.92. The number of halogens is 1. The molecule has 0 unspecified atom stereocenters. The van der Waals surface area contributed by atoms with Crippen LogP contribution in [0.3, 0.4) is 0 Å². The molecular formula is C10H12ClNO2. The number of alkyl halides is 1. The summed E-state index contributed by atoms with van der Waals surface area (Å²) < 4.78 is 0. The van der Waals surface area contributed by atoms with Crippen molar-refractivity contribution in [2.24, 2.45) is 0 Å². The fourth-order valence-corrected chi connectivity index (χ4v) is 1.18. The van der Waals surface area contributed by atoms with Gasteiger partial charge in [0.05, 0.1) is 5.69 Å². The highest BCUT2D eigenvalue weighted by molar-refractivity contribution is 6.19. The number of hydrogen-bond donors (Lipinski definition) is 1. The maximum absolute atomic E-state index is 11.2. The first-order valence-electron chi connectivity index (χ1n) is 4.29. The molecule has 0 spiro atoms. The van der Waals surface area contributed by atoms with E-state index in [0.29, 0.717) is 10.8 Å². The summed E-state index contributed by atoms with van der Waals surface area (Å²) in [7, 11) is 0. The second-order valence-corrected chi connectivity index (χ2v) is 3.36. The van der Waals surface area contributed by atoms with Crippen LogP contribution >= 0.6 is 11.6 Å². The Morgan fingerprint density at radius 1 is 1.43 bits per heavy atom. The minimum atomic E-state index is -0.399. The maximum atomic E-state index is 11.2. The van der Waals surface area contributed by atoms with Gasteiger partial charge in [-0.3, -0.25) is 10.0 Å². The molecule has 76 valence electrons. The van der Waals surface area contributed by atoms with Gasteiger partial charge >= 0.3 is 0 Å². The molecule has 0 saturated carbocycles. The zero-order valence-corrected chi connectivity index (χ0v) is 8.66. The minimum Gasteiger partial charge on any atom is -0.281 e. The van der Waals surface area contributed by atoms with E-state index < -0.39 is 5.91 Å². The number of nitrogens with zero attached hydrogens (tertiary/aromatic N) is 1. The lowest BCUT2D eigenvalue weighted by molar-refractivity contribution is -0.123. The van der Waals surface area contributed by atoms with Crippen LogP contribution in [-0.4, -0.2) is 17.0 Å². The van der Waals surface area contributed by atoms with Gasteiger partial charge in [-0.05, 0) is 19.1 Å². The molecule has 0 radical (unpaired) electrons. The Balaban J connectivity index is 2.73. The standard InChI is InChI=1S/C10H12ClNO2/c1-8-2-4-9(5-3-8)12(14)10(13)6-7-11/h2-5,14H,6-7H2,1H3. The SMILES string of the molecule is Cc1ccc(N(O)C(=O)CCCl)cc1. The van der Waals surface area contributed by atoms with Crippen LogP contribution in [0.25, 0.3) is 0 Å². The summed E-state index contributed by atoms with van der Waals surface area (Å²) in [5.41, 5.74) is 1.54. The number of hydrogen-bond acceptors (Lipinski definition) is 2. The maximum Gasteiger partial charge on any atom is 0.251 e. The van der Waals surface area contributed by atoms with Crippen LogP contribution < -0.4 is 5.06 Å². The van der Waals surface area contributed by atoms with Gasteiger partial charge < -0.3 is 0 Å². The first-order chi connectivity index (χ1) is 6.65. The van der Waals surface area contributed by atoms with Gasteiger partial charge in [0.15, 0.2) is 0 Å². The summed E-state index contributed by atoms with van der Waals surface area (Å²) in [6, 6.07) is 7.02. The summed E-state index contributed by atoms with van der Waals surface area (Å²) >= 11 is 5.39. The average Bonchev–Trinajstić information content (AvgIpc) is 2.18. The summed E-state index contributed by atoms with van der Waals surface area (Å²) in [5.74, 6) is -0.189. The molecule has 14 heavy (non-hydrogen) atoms. The average molecular weight is 214 g/mol. The van der Waals surface area contributed by atoms with Crippen molar-refractivity contribution in [3.8, 4) is 0 Å². The van der Waals surface area contributed by atoms with Crippen molar-refractivity contribution in [2.75, 3.05) is 10.9 Å². The molecule has 0 aliphatic heterocycles. The summed E-state index contributed by atoms with van der Waals surface area (Å²) in [4.78, 5) is 11.2. The Bertz CT molecular complexity index is 310. The quantitative estimate of drug-likeness (QED) is 0.476. The molecule has 0 fully saturated rings. The third-order valence-corrected chi connectivity index (χ3v) is 2.01. The number of hydroxylamine groups is 1. The predicted octanol–water partition coefficient (Wildman–Crippen LogP) is 2.35. The van der Waals surface area contributed by atoms with Crippen LogP contribution in [-0.2, 0) is 4.79 Å². The lowest BCUT2D eigenvalue weighted by atomic mass is 10.2. The normalized spacial score (nSPS) is 9.93. The van der Waals surface area contributed by atoms with Crippen LogP contribution in [0.4, 0.5) is 5.69 Å². The first-order valence-corrected chi connectivity index (χ1v) is 4.83. The highest BCUT2D eigenvalue weighted by atomic mass is 35.5. The van der Waals surface area contributed by atoms with Crippen molar-refractivity contribution in [2.45, 2.75) is 13.3 Å². The first kappa shape index (κ1) is 11.0. The number of aryl methyl sites for hydroxylation is 1. The molecule has 4 heteroatoms. The summed E-state index contributed by atoms with van der Waals surface area (Å²) in [5, 5.41) is 10.1. The Labute approximate surface area is 87.9 Å². The zero-order chi connectivity index (χ0) is 10.6. The molecule has 0 bridgehead atoms. The highest BCUT2D eigenvalue weighted by Gasteiger charge is 2.11. The molecule has 1 aromatic rings. The van der Waals surface area contributed by atoms with E-state index in [2.05, 4.69) is 0 Å². The van der Waals surface area contributed by atoms with Gasteiger partial charge in [0.25, 0.3) is 5.91 Å². The fraction of sp³-hybridized carbons (Fsp3) is 0.300. The topological polar surface area (TPSA) is 40.5 Å². The van der Waals surface area contributed by atoms with Crippen molar-refractivity contribution in [1.82, 2.24) is 0 Å². The number of amides is 1. The summed E-state index contributed by atoms with van der Waals surface area (Å²) in [6.45, 7) is 1.94. The van der Waals surface area contributed by atoms with Gasteiger partial charge in [0, 0.05) is 12.3 Å². The van der Waals surface area contributed by atoms with E-state index in [1.807, 2.05) is 19.1 Å². The van der Waals surface area contributed by atoms with Gasteiger partial charge in [-0.2, -0.15) is 5.06 Å². The number of carbonyl (C=O) groups is 1. The molecule has 1 aromatic carbocycles. The lowest BCUT2D eigenvalue weighted by Crippen LogP contribution is -2.26. The number of benzene rings is 1. The van der Waals surface area contributed by atoms with Gasteiger partial charge in [0.1, 0.15) is 0 Å². The van der Waals surface area contributed by atoms with Crippen LogP contribution in [0.2, 0.25) is 0 Å². The minimum absolute atomic E-state index is 0.131. The van der Waals surface area contributed by atoms with Gasteiger partial charge in [-0.1, -0.05) is 17.7 Å². The molecule has 0 atom stereocenters. The van der Waals surface area contributed by atoms with Gasteiger partial charge in [-0.25, -0.2) is 0 Å². The predicted molar refractivity (Wildman–Crippen MR) is 55.8 cm³/mol. The molecule has 0 aliphatic rings. The Morgan fingerprint density at radius 2 is 2.00 bits per heavy atom. The van der Waals surface area contributed by atoms with Crippen molar-refractivity contribution >= 4 is 23.2 Å². The van der Waals surface area contributed by atoms with Crippen molar-refractivity contribution in [1.29, 1.82) is 0 Å². The molecule has 1 amide bonds. The fourth-order valence-electron chi connectivity index (χ4n) is 1.02. The molecule has 3 nitrogen and oxygen atoms in total. The largest absolute Gasteiger partial charge is 0.281 e. The van der Waals surface area contributed by atoms with Crippen LogP contribution in [0.1, 0.15) is 12.0 Å². The van der Waals surface area contributed by atoms with E-state index in [9.17, 15) is 10.0 Å². The lowest BCUT2D eigenvalue weighted by Gasteiger charge is -2.14.